The van der Waals surface area contributed by atoms with Crippen molar-refractivity contribution in [2.45, 2.75) is 31.3 Å². The summed E-state index contributed by atoms with van der Waals surface area (Å²) in [5.41, 5.74) is 6.52. The lowest BCUT2D eigenvalue weighted by Crippen LogP contribution is -2.35. The minimum Gasteiger partial charge on any atom is -0.366 e. The molecule has 3 N–H and O–H groups in total. The molecule has 0 saturated heterocycles. The summed E-state index contributed by atoms with van der Waals surface area (Å²) in [6.45, 7) is 0. The molecule has 0 aliphatic heterocycles. The second-order valence-electron chi connectivity index (χ2n) is 3.89. The second-order valence-corrected chi connectivity index (χ2v) is 3.89. The molecule has 0 aromatic carbocycles. The largest absolute Gasteiger partial charge is 0.366 e. The molecule has 1 aliphatic carbocycles. The molecule has 2 unspecified atom stereocenters. The maximum absolute atomic E-state index is 8.62. The average molecular weight is 202 g/mol. The van der Waals surface area contributed by atoms with Crippen molar-refractivity contribution in [3.63, 3.8) is 0 Å². The van der Waals surface area contributed by atoms with Crippen LogP contribution < -0.4 is 11.1 Å². The lowest BCUT2D eigenvalue weighted by atomic mass is 10.2. The Kier molecular flexibility index (Phi) is 2.84. The van der Waals surface area contributed by atoms with Crippen molar-refractivity contribution in [1.29, 1.82) is 5.26 Å². The monoisotopic (exact) mass is 202 g/mol. The van der Waals surface area contributed by atoms with E-state index in [0.717, 1.165) is 18.7 Å². The van der Waals surface area contributed by atoms with E-state index < -0.39 is 0 Å². The van der Waals surface area contributed by atoms with E-state index in [0.29, 0.717) is 11.6 Å². The predicted molar refractivity (Wildman–Crippen MR) is 58.2 cm³/mol. The van der Waals surface area contributed by atoms with E-state index >= 15 is 0 Å². The van der Waals surface area contributed by atoms with Gasteiger partial charge in [0.05, 0.1) is 5.56 Å². The highest BCUT2D eigenvalue weighted by Crippen LogP contribution is 2.20. The van der Waals surface area contributed by atoms with Gasteiger partial charge >= 0.3 is 0 Å². The summed E-state index contributed by atoms with van der Waals surface area (Å²) in [5.74, 6) is 0.802. The average Bonchev–Trinajstić information content (AvgIpc) is 2.66. The SMILES string of the molecule is N#Cc1ccc(NC2CCCC2N)nc1. The molecule has 1 aromatic heterocycles. The molecule has 0 radical (unpaired) electrons. The lowest BCUT2D eigenvalue weighted by Gasteiger charge is -2.17. The molecule has 0 spiro atoms. The zero-order chi connectivity index (χ0) is 10.7. The summed E-state index contributed by atoms with van der Waals surface area (Å²) in [5, 5.41) is 11.9. The highest BCUT2D eigenvalue weighted by Gasteiger charge is 2.23. The first kappa shape index (κ1) is 9.94. The molecule has 2 rings (SSSR count). The molecular weight excluding hydrogens is 188 g/mol. The first-order chi connectivity index (χ1) is 7.29. The molecule has 4 heteroatoms. The summed E-state index contributed by atoms with van der Waals surface area (Å²) in [6.07, 6.45) is 4.93. The maximum Gasteiger partial charge on any atom is 0.126 e. The van der Waals surface area contributed by atoms with E-state index in [1.165, 1.54) is 6.42 Å². The van der Waals surface area contributed by atoms with Crippen LogP contribution in [0.3, 0.4) is 0 Å². The lowest BCUT2D eigenvalue weighted by molar-refractivity contribution is 0.635. The number of nitrogens with two attached hydrogens (primary N) is 1. The Morgan fingerprint density at radius 3 is 2.87 bits per heavy atom. The molecule has 15 heavy (non-hydrogen) atoms. The van der Waals surface area contributed by atoms with Crippen LogP contribution in [0.25, 0.3) is 0 Å². The molecule has 2 atom stereocenters. The van der Waals surface area contributed by atoms with Gasteiger partial charge in [-0.2, -0.15) is 5.26 Å². The van der Waals surface area contributed by atoms with Crippen molar-refractivity contribution in [3.8, 4) is 6.07 Å². The summed E-state index contributed by atoms with van der Waals surface area (Å²) in [4.78, 5) is 4.16. The molecule has 4 nitrogen and oxygen atoms in total. The van der Waals surface area contributed by atoms with Crippen LogP contribution in [0.15, 0.2) is 18.3 Å². The van der Waals surface area contributed by atoms with Gasteiger partial charge in [0.1, 0.15) is 11.9 Å². The van der Waals surface area contributed by atoms with Crippen LogP contribution in [0.4, 0.5) is 5.82 Å². The van der Waals surface area contributed by atoms with Crippen LogP contribution in [-0.4, -0.2) is 17.1 Å². The maximum atomic E-state index is 8.62. The number of rotatable bonds is 2. The van der Waals surface area contributed by atoms with E-state index in [4.69, 9.17) is 11.0 Å². The fraction of sp³-hybridized carbons (Fsp3) is 0.455. The number of anilines is 1. The van der Waals surface area contributed by atoms with Crippen molar-refractivity contribution in [1.82, 2.24) is 4.98 Å². The van der Waals surface area contributed by atoms with Crippen LogP contribution in [0, 0.1) is 11.3 Å². The van der Waals surface area contributed by atoms with E-state index in [1.54, 1.807) is 12.3 Å². The molecular formula is C11H14N4. The van der Waals surface area contributed by atoms with Crippen molar-refractivity contribution in [3.05, 3.63) is 23.9 Å². The topological polar surface area (TPSA) is 74.7 Å². The number of hydrogen-bond donors (Lipinski definition) is 2. The van der Waals surface area contributed by atoms with Gasteiger partial charge in [0.2, 0.25) is 0 Å². The molecule has 0 bridgehead atoms. The first-order valence-electron chi connectivity index (χ1n) is 5.18. The minimum absolute atomic E-state index is 0.224. The summed E-state index contributed by atoms with van der Waals surface area (Å²) in [6, 6.07) is 6.17. The Bertz CT molecular complexity index is 365. The highest BCUT2D eigenvalue weighted by atomic mass is 15.0. The van der Waals surface area contributed by atoms with E-state index in [9.17, 15) is 0 Å². The van der Waals surface area contributed by atoms with Gasteiger partial charge in [0, 0.05) is 18.3 Å². The highest BCUT2D eigenvalue weighted by molar-refractivity contribution is 5.40. The number of pyridine rings is 1. The number of nitriles is 1. The number of aromatic nitrogens is 1. The van der Waals surface area contributed by atoms with Gasteiger partial charge in [-0.3, -0.25) is 0 Å². The minimum atomic E-state index is 0.224. The normalized spacial score (nSPS) is 24.8. The first-order valence-corrected chi connectivity index (χ1v) is 5.18. The number of nitrogens with one attached hydrogen (secondary N) is 1. The van der Waals surface area contributed by atoms with Crippen molar-refractivity contribution in [2.75, 3.05) is 5.32 Å². The van der Waals surface area contributed by atoms with E-state index in [2.05, 4.69) is 10.3 Å². The van der Waals surface area contributed by atoms with Crippen LogP contribution in [0.2, 0.25) is 0 Å². The van der Waals surface area contributed by atoms with Crippen LogP contribution in [0.5, 0.6) is 0 Å². The standard InChI is InChI=1S/C11H14N4/c12-6-8-4-5-11(14-7-8)15-10-3-1-2-9(10)13/h4-5,7,9-10H,1-3,13H2,(H,14,15). The van der Waals surface area contributed by atoms with Gasteiger partial charge in [0.25, 0.3) is 0 Å². The summed E-state index contributed by atoms with van der Waals surface area (Å²) >= 11 is 0. The van der Waals surface area contributed by atoms with Gasteiger partial charge in [-0.25, -0.2) is 4.98 Å². The molecule has 1 heterocycles. The fourth-order valence-electron chi connectivity index (χ4n) is 1.90. The van der Waals surface area contributed by atoms with E-state index in [-0.39, 0.29) is 6.04 Å². The van der Waals surface area contributed by atoms with Crippen LogP contribution >= 0.6 is 0 Å². The molecule has 1 aromatic rings. The van der Waals surface area contributed by atoms with Crippen molar-refractivity contribution >= 4 is 5.82 Å². The zero-order valence-corrected chi connectivity index (χ0v) is 8.48. The van der Waals surface area contributed by atoms with Crippen molar-refractivity contribution in [2.24, 2.45) is 5.73 Å². The van der Waals surface area contributed by atoms with Gasteiger partial charge in [-0.15, -0.1) is 0 Å². The number of nitrogens with zero attached hydrogens (tertiary/aromatic N) is 2. The third-order valence-electron chi connectivity index (χ3n) is 2.80. The molecule has 1 saturated carbocycles. The van der Waals surface area contributed by atoms with Crippen molar-refractivity contribution < 1.29 is 0 Å². The predicted octanol–water partition coefficient (Wildman–Crippen LogP) is 1.24. The fourth-order valence-corrected chi connectivity index (χ4v) is 1.90. The van der Waals surface area contributed by atoms with Gasteiger partial charge < -0.3 is 11.1 Å². The molecule has 78 valence electrons. The third-order valence-corrected chi connectivity index (χ3v) is 2.80. The Balaban J connectivity index is 2.02. The molecule has 1 aliphatic rings. The molecule has 1 fully saturated rings. The second kappa shape index (κ2) is 4.28. The number of hydrogen-bond acceptors (Lipinski definition) is 4. The van der Waals surface area contributed by atoms with Gasteiger partial charge in [-0.05, 0) is 31.4 Å². The van der Waals surface area contributed by atoms with E-state index in [1.807, 2.05) is 12.1 Å². The van der Waals surface area contributed by atoms with Crippen LogP contribution in [0.1, 0.15) is 24.8 Å². The quantitative estimate of drug-likeness (QED) is 0.756. The Morgan fingerprint density at radius 2 is 2.33 bits per heavy atom. The van der Waals surface area contributed by atoms with Crippen LogP contribution in [-0.2, 0) is 0 Å². The smallest absolute Gasteiger partial charge is 0.126 e. The Labute approximate surface area is 89.1 Å². The van der Waals surface area contributed by atoms with Gasteiger partial charge in [0.15, 0.2) is 0 Å². The summed E-state index contributed by atoms with van der Waals surface area (Å²) in [7, 11) is 0. The Morgan fingerprint density at radius 1 is 1.47 bits per heavy atom. The zero-order valence-electron chi connectivity index (χ0n) is 8.48. The Hall–Kier alpha value is -1.60. The molecule has 0 amide bonds. The van der Waals surface area contributed by atoms with Gasteiger partial charge in [-0.1, -0.05) is 0 Å². The third kappa shape index (κ3) is 2.25. The summed E-state index contributed by atoms with van der Waals surface area (Å²) < 4.78 is 0.